The lowest BCUT2D eigenvalue weighted by molar-refractivity contribution is 0.0658. The number of rotatable bonds is 1. The molecule has 74 valence electrons. The minimum Gasteiger partial charge on any atom is -0.374 e. The molecule has 0 aromatic heterocycles. The lowest BCUT2D eigenvalue weighted by Crippen LogP contribution is -2.18. The Balaban J connectivity index is 2.17. The van der Waals surface area contributed by atoms with Crippen molar-refractivity contribution in [2.45, 2.75) is 25.9 Å². The van der Waals surface area contributed by atoms with Gasteiger partial charge in [-0.25, -0.2) is 0 Å². The zero-order valence-electron chi connectivity index (χ0n) is 8.57. The minimum absolute atomic E-state index is 0.295. The van der Waals surface area contributed by atoms with Crippen LogP contribution in [-0.4, -0.2) is 12.7 Å². The Morgan fingerprint density at radius 2 is 2.07 bits per heavy atom. The molecule has 1 aromatic carbocycles. The number of hydrogen-bond acceptors (Lipinski definition) is 1. The van der Waals surface area contributed by atoms with Crippen molar-refractivity contribution >= 4 is 6.08 Å². The van der Waals surface area contributed by atoms with Crippen LogP contribution in [0.3, 0.4) is 0 Å². The van der Waals surface area contributed by atoms with Crippen LogP contribution in [0, 0.1) is 0 Å². The van der Waals surface area contributed by atoms with Crippen molar-refractivity contribution in [1.82, 2.24) is 0 Å². The summed E-state index contributed by atoms with van der Waals surface area (Å²) in [5.74, 6) is 0. The summed E-state index contributed by atoms with van der Waals surface area (Å²) in [5.41, 5.74) is 2.70. The molecule has 2 rings (SSSR count). The smallest absolute Gasteiger partial charge is 0.0760 e. The van der Waals surface area contributed by atoms with Crippen molar-refractivity contribution in [3.63, 3.8) is 0 Å². The van der Waals surface area contributed by atoms with Crippen LogP contribution in [0.15, 0.2) is 35.9 Å². The third kappa shape index (κ3) is 2.24. The molecule has 1 aliphatic rings. The maximum atomic E-state index is 5.59. The van der Waals surface area contributed by atoms with Crippen LogP contribution in [-0.2, 0) is 4.74 Å². The zero-order valence-corrected chi connectivity index (χ0v) is 8.57. The Kier molecular flexibility index (Phi) is 3.00. The van der Waals surface area contributed by atoms with E-state index in [4.69, 9.17) is 4.74 Å². The number of ether oxygens (including phenoxy) is 1. The minimum atomic E-state index is 0.295. The predicted molar refractivity (Wildman–Crippen MR) is 59.1 cm³/mol. The summed E-state index contributed by atoms with van der Waals surface area (Å²) in [6.07, 6.45) is 4.88. The summed E-state index contributed by atoms with van der Waals surface area (Å²) in [7, 11) is 0. The first-order valence-electron chi connectivity index (χ1n) is 5.23. The topological polar surface area (TPSA) is 9.23 Å². The molecule has 1 heterocycles. The summed E-state index contributed by atoms with van der Waals surface area (Å²) in [4.78, 5) is 0. The first-order chi connectivity index (χ1) is 6.86. The van der Waals surface area contributed by atoms with Gasteiger partial charge in [0.2, 0.25) is 0 Å². The third-order valence-corrected chi connectivity index (χ3v) is 2.65. The molecule has 0 bridgehead atoms. The van der Waals surface area contributed by atoms with Crippen LogP contribution in [0.2, 0.25) is 0 Å². The summed E-state index contributed by atoms with van der Waals surface area (Å²) in [6.45, 7) is 3.04. The van der Waals surface area contributed by atoms with Gasteiger partial charge in [-0.2, -0.15) is 0 Å². The second-order valence-electron chi connectivity index (χ2n) is 3.75. The van der Waals surface area contributed by atoms with Gasteiger partial charge in [0.15, 0.2) is 0 Å². The molecule has 1 aliphatic heterocycles. The Morgan fingerprint density at radius 3 is 2.79 bits per heavy atom. The molecule has 0 aliphatic carbocycles. The van der Waals surface area contributed by atoms with Crippen molar-refractivity contribution in [3.8, 4) is 0 Å². The summed E-state index contributed by atoms with van der Waals surface area (Å²) in [6, 6.07) is 10.5. The van der Waals surface area contributed by atoms with Gasteiger partial charge < -0.3 is 4.74 Å². The Bertz CT molecular complexity index is 313. The molecular weight excluding hydrogens is 172 g/mol. The molecule has 0 spiro atoms. The van der Waals surface area contributed by atoms with Gasteiger partial charge in [-0.05, 0) is 30.9 Å². The van der Waals surface area contributed by atoms with E-state index in [0.717, 1.165) is 13.0 Å². The average molecular weight is 188 g/mol. The highest BCUT2D eigenvalue weighted by molar-refractivity contribution is 5.53. The predicted octanol–water partition coefficient (Wildman–Crippen LogP) is 3.27. The van der Waals surface area contributed by atoms with Crippen LogP contribution in [0.25, 0.3) is 6.08 Å². The van der Waals surface area contributed by atoms with E-state index in [2.05, 4.69) is 37.3 Å². The van der Waals surface area contributed by atoms with Crippen molar-refractivity contribution in [1.29, 1.82) is 0 Å². The molecule has 1 nitrogen and oxygen atoms in total. The van der Waals surface area contributed by atoms with Gasteiger partial charge in [-0.1, -0.05) is 36.4 Å². The third-order valence-electron chi connectivity index (χ3n) is 2.65. The fourth-order valence-corrected chi connectivity index (χ4v) is 1.80. The molecule has 1 aromatic rings. The first-order valence-corrected chi connectivity index (χ1v) is 5.23. The normalized spacial score (nSPS) is 25.2. The summed E-state index contributed by atoms with van der Waals surface area (Å²) < 4.78 is 5.59. The summed E-state index contributed by atoms with van der Waals surface area (Å²) >= 11 is 0. The van der Waals surface area contributed by atoms with Crippen LogP contribution in [0.5, 0.6) is 0 Å². The molecule has 0 N–H and O–H groups in total. The Labute approximate surface area is 85.4 Å². The lowest BCUT2D eigenvalue weighted by Gasteiger charge is -2.22. The fourth-order valence-electron chi connectivity index (χ4n) is 1.80. The van der Waals surface area contributed by atoms with Gasteiger partial charge in [0.05, 0.1) is 6.10 Å². The largest absolute Gasteiger partial charge is 0.374 e. The highest BCUT2D eigenvalue weighted by Crippen LogP contribution is 2.21. The lowest BCUT2D eigenvalue weighted by atomic mass is 10.00. The Morgan fingerprint density at radius 1 is 1.29 bits per heavy atom. The second kappa shape index (κ2) is 4.43. The maximum Gasteiger partial charge on any atom is 0.0760 e. The quantitative estimate of drug-likeness (QED) is 0.657. The van der Waals surface area contributed by atoms with Crippen LogP contribution >= 0.6 is 0 Å². The van der Waals surface area contributed by atoms with E-state index in [1.165, 1.54) is 17.6 Å². The number of benzene rings is 1. The molecule has 1 fully saturated rings. The number of hydrogen-bond donors (Lipinski definition) is 0. The molecule has 1 heteroatoms. The van der Waals surface area contributed by atoms with Crippen LogP contribution < -0.4 is 0 Å². The molecule has 1 unspecified atom stereocenters. The van der Waals surface area contributed by atoms with Gasteiger partial charge in [0.25, 0.3) is 0 Å². The van der Waals surface area contributed by atoms with Gasteiger partial charge in [0, 0.05) is 6.61 Å². The second-order valence-corrected chi connectivity index (χ2v) is 3.75. The standard InChI is InChI=1S/C13H16O/c1-11-13(8-5-9-14-11)10-12-6-3-2-4-7-12/h2-4,6-7,10-11H,5,8-9H2,1H3/b13-10+. The van der Waals surface area contributed by atoms with E-state index in [-0.39, 0.29) is 0 Å². The SMILES string of the molecule is CC1OCCC/C1=C\c1ccccc1. The fraction of sp³-hybridized carbons (Fsp3) is 0.385. The van der Waals surface area contributed by atoms with Gasteiger partial charge >= 0.3 is 0 Å². The zero-order chi connectivity index (χ0) is 9.80. The summed E-state index contributed by atoms with van der Waals surface area (Å²) in [5, 5.41) is 0. The highest BCUT2D eigenvalue weighted by Gasteiger charge is 2.13. The first kappa shape index (κ1) is 9.47. The van der Waals surface area contributed by atoms with Crippen molar-refractivity contribution < 1.29 is 4.74 Å². The molecule has 1 atom stereocenters. The van der Waals surface area contributed by atoms with Crippen molar-refractivity contribution in [2.75, 3.05) is 6.61 Å². The van der Waals surface area contributed by atoms with Gasteiger partial charge in [-0.3, -0.25) is 0 Å². The van der Waals surface area contributed by atoms with E-state index in [0.29, 0.717) is 6.10 Å². The van der Waals surface area contributed by atoms with E-state index in [1.807, 2.05) is 6.07 Å². The van der Waals surface area contributed by atoms with Crippen LogP contribution in [0.1, 0.15) is 25.3 Å². The van der Waals surface area contributed by atoms with Crippen LogP contribution in [0.4, 0.5) is 0 Å². The monoisotopic (exact) mass is 188 g/mol. The molecular formula is C13H16O. The van der Waals surface area contributed by atoms with Crippen molar-refractivity contribution in [2.24, 2.45) is 0 Å². The van der Waals surface area contributed by atoms with E-state index in [9.17, 15) is 0 Å². The van der Waals surface area contributed by atoms with E-state index in [1.54, 1.807) is 0 Å². The van der Waals surface area contributed by atoms with E-state index >= 15 is 0 Å². The molecule has 0 amide bonds. The highest BCUT2D eigenvalue weighted by atomic mass is 16.5. The molecule has 0 saturated carbocycles. The molecule has 0 radical (unpaired) electrons. The average Bonchev–Trinajstić information content (AvgIpc) is 2.23. The maximum absolute atomic E-state index is 5.59. The van der Waals surface area contributed by atoms with Gasteiger partial charge in [0.1, 0.15) is 0 Å². The Hall–Kier alpha value is -1.08. The molecule has 14 heavy (non-hydrogen) atoms. The van der Waals surface area contributed by atoms with Crippen molar-refractivity contribution in [3.05, 3.63) is 41.5 Å². The molecule has 1 saturated heterocycles. The van der Waals surface area contributed by atoms with Gasteiger partial charge in [-0.15, -0.1) is 0 Å². The van der Waals surface area contributed by atoms with E-state index < -0.39 is 0 Å².